The molecule has 0 spiro atoms. The molecule has 4 aromatic rings. The molecule has 0 radical (unpaired) electrons. The van der Waals surface area contributed by atoms with E-state index in [9.17, 15) is 28.4 Å². The standard InChI is InChI=1S/C45H46ClF2N5O5/c1-44(2)39(45(3,4)43(44)58-32-11-8-28(26-49)35(46)24-32)25-38(54)29-9-15-40(50-27-29)52-19-17-51(18-20-52)16-6-5-7-21-57-31-12-13-33-34(23-31)42(56)53(41(33)55)37-14-10-30(47)22-36(37)48/h8-15,22-24,27,39,43H,5-7,16-21,25H2,1-4H3. The van der Waals surface area contributed by atoms with E-state index in [1.54, 1.807) is 30.5 Å². The monoisotopic (exact) mass is 809 g/mol. The Morgan fingerprint density at radius 1 is 0.879 bits per heavy atom. The molecule has 0 bridgehead atoms. The number of piperazine rings is 1. The number of fused-ring (bicyclic) bond motifs is 1. The molecule has 0 N–H and O–H groups in total. The number of ketones is 1. The fourth-order valence-corrected chi connectivity index (χ4v) is 9.26. The Labute approximate surface area is 342 Å². The van der Waals surface area contributed by atoms with Crippen LogP contribution < -0.4 is 19.3 Å². The summed E-state index contributed by atoms with van der Waals surface area (Å²) in [5.74, 6) is -1.06. The molecule has 3 heterocycles. The number of aromatic nitrogens is 1. The van der Waals surface area contributed by atoms with Gasteiger partial charge in [0.25, 0.3) is 11.8 Å². The predicted octanol–water partition coefficient (Wildman–Crippen LogP) is 8.76. The third kappa shape index (κ3) is 8.03. The summed E-state index contributed by atoms with van der Waals surface area (Å²) in [4.78, 5) is 49.5. The minimum absolute atomic E-state index is 0.0619. The molecule has 3 aromatic carbocycles. The van der Waals surface area contributed by atoms with E-state index in [2.05, 4.69) is 48.5 Å². The molecule has 0 unspecified atom stereocenters. The Morgan fingerprint density at radius 3 is 2.28 bits per heavy atom. The second-order valence-electron chi connectivity index (χ2n) is 16.5. The van der Waals surface area contributed by atoms with Crippen LogP contribution >= 0.6 is 11.6 Å². The SMILES string of the molecule is CC1(C)C(CC(=O)c2ccc(N3CCN(CCCCCOc4ccc5c(c4)C(=O)N(c4ccc(F)cc4F)C5=O)CC3)nc2)C(C)(C)C1Oc1ccc(C#N)c(Cl)c1. The number of nitrogens with zero attached hydrogens (tertiary/aromatic N) is 5. The van der Waals surface area contributed by atoms with Gasteiger partial charge in [-0.2, -0.15) is 5.26 Å². The topological polar surface area (TPSA) is 116 Å². The average Bonchev–Trinajstić information content (AvgIpc) is 3.45. The molecule has 2 aliphatic heterocycles. The van der Waals surface area contributed by atoms with E-state index < -0.39 is 23.4 Å². The van der Waals surface area contributed by atoms with Crippen molar-refractivity contribution in [2.75, 3.05) is 49.1 Å². The van der Waals surface area contributed by atoms with E-state index in [0.29, 0.717) is 46.7 Å². The van der Waals surface area contributed by atoms with Crippen molar-refractivity contribution in [2.24, 2.45) is 16.7 Å². The number of hydrogen-bond donors (Lipinski definition) is 0. The van der Waals surface area contributed by atoms with E-state index in [1.165, 1.54) is 12.1 Å². The van der Waals surface area contributed by atoms with Crippen LogP contribution in [0.25, 0.3) is 0 Å². The summed E-state index contributed by atoms with van der Waals surface area (Å²) in [5, 5.41) is 9.56. The lowest BCUT2D eigenvalue weighted by atomic mass is 9.44. The molecule has 1 saturated heterocycles. The van der Waals surface area contributed by atoms with Crippen molar-refractivity contribution in [1.29, 1.82) is 5.26 Å². The number of ether oxygens (including phenoxy) is 2. The van der Waals surface area contributed by atoms with Gasteiger partial charge >= 0.3 is 0 Å². The van der Waals surface area contributed by atoms with Crippen molar-refractivity contribution < 1.29 is 32.6 Å². The number of hydrogen-bond acceptors (Lipinski definition) is 9. The van der Waals surface area contributed by atoms with E-state index in [-0.39, 0.29) is 45.4 Å². The van der Waals surface area contributed by atoms with Crippen LogP contribution in [0.3, 0.4) is 0 Å². The number of Topliss-reactive ketones (excluding diaryl/α,β-unsaturated/α-hetero) is 1. The van der Waals surface area contributed by atoms with Gasteiger partial charge in [0, 0.05) is 67.3 Å². The van der Waals surface area contributed by atoms with Gasteiger partial charge < -0.3 is 14.4 Å². The van der Waals surface area contributed by atoms with Gasteiger partial charge in [-0.15, -0.1) is 0 Å². The van der Waals surface area contributed by atoms with Crippen molar-refractivity contribution in [2.45, 2.75) is 59.5 Å². The summed E-state index contributed by atoms with van der Waals surface area (Å²) in [5.41, 5.74) is 0.448. The van der Waals surface area contributed by atoms with Crippen LogP contribution in [0, 0.1) is 39.7 Å². The van der Waals surface area contributed by atoms with E-state index in [0.717, 1.165) is 74.8 Å². The Kier molecular flexibility index (Phi) is 11.6. The number of nitriles is 1. The molecule has 3 aliphatic rings. The van der Waals surface area contributed by atoms with Gasteiger partial charge in [-0.05, 0) is 86.3 Å². The maximum Gasteiger partial charge on any atom is 0.266 e. The maximum absolute atomic E-state index is 14.4. The van der Waals surface area contributed by atoms with Crippen molar-refractivity contribution in [1.82, 2.24) is 9.88 Å². The smallest absolute Gasteiger partial charge is 0.266 e. The predicted molar refractivity (Wildman–Crippen MR) is 217 cm³/mol. The fraction of sp³-hybridized carbons (Fsp3) is 0.400. The molecule has 7 rings (SSSR count). The number of halogens is 3. The molecule has 1 aliphatic carbocycles. The largest absolute Gasteiger partial charge is 0.494 e. The third-order valence-electron chi connectivity index (χ3n) is 12.0. The normalized spacial score (nSPS) is 19.7. The first kappa shape index (κ1) is 40.8. The van der Waals surface area contributed by atoms with Crippen LogP contribution in [0.5, 0.6) is 11.5 Å². The number of amides is 2. The summed E-state index contributed by atoms with van der Waals surface area (Å²) in [6.07, 6.45) is 4.70. The van der Waals surface area contributed by atoms with Gasteiger partial charge in [0.1, 0.15) is 41.1 Å². The molecule has 13 heteroatoms. The van der Waals surface area contributed by atoms with Crippen LogP contribution in [-0.4, -0.2) is 72.9 Å². The molecular formula is C45H46ClF2N5O5. The number of carbonyl (C=O) groups excluding carboxylic acids is 3. The maximum atomic E-state index is 14.4. The Morgan fingerprint density at radius 2 is 1.60 bits per heavy atom. The minimum atomic E-state index is -0.991. The lowest BCUT2D eigenvalue weighted by molar-refractivity contribution is -0.196. The molecule has 10 nitrogen and oxygen atoms in total. The summed E-state index contributed by atoms with van der Waals surface area (Å²) in [7, 11) is 0. The minimum Gasteiger partial charge on any atom is -0.494 e. The summed E-state index contributed by atoms with van der Waals surface area (Å²) in [6.45, 7) is 13.4. The van der Waals surface area contributed by atoms with Gasteiger partial charge in [0.15, 0.2) is 5.78 Å². The molecule has 1 aromatic heterocycles. The van der Waals surface area contributed by atoms with Crippen molar-refractivity contribution >= 4 is 40.7 Å². The number of unbranched alkanes of at least 4 members (excludes halogenated alkanes) is 2. The highest BCUT2D eigenvalue weighted by molar-refractivity contribution is 6.34. The number of carbonyl (C=O) groups is 3. The first-order valence-corrected chi connectivity index (χ1v) is 20.0. The van der Waals surface area contributed by atoms with E-state index in [1.807, 2.05) is 12.1 Å². The molecule has 0 atom stereocenters. The first-order chi connectivity index (χ1) is 27.7. The van der Waals surface area contributed by atoms with Gasteiger partial charge in [0.2, 0.25) is 0 Å². The molecule has 2 fully saturated rings. The number of rotatable bonds is 14. The van der Waals surface area contributed by atoms with Crippen molar-refractivity contribution in [3.05, 3.63) is 112 Å². The third-order valence-corrected chi connectivity index (χ3v) is 12.3. The van der Waals surface area contributed by atoms with Crippen molar-refractivity contribution in [3.8, 4) is 17.6 Å². The molecule has 58 heavy (non-hydrogen) atoms. The molecular weight excluding hydrogens is 764 g/mol. The molecule has 302 valence electrons. The van der Waals surface area contributed by atoms with E-state index in [4.69, 9.17) is 21.1 Å². The van der Waals surface area contributed by atoms with Crippen LogP contribution in [0.2, 0.25) is 5.02 Å². The Hall–Kier alpha value is -5.38. The first-order valence-electron chi connectivity index (χ1n) is 19.6. The average molecular weight is 810 g/mol. The van der Waals surface area contributed by atoms with Crippen LogP contribution in [0.1, 0.15) is 90.0 Å². The van der Waals surface area contributed by atoms with Gasteiger partial charge in [-0.3, -0.25) is 19.3 Å². The van der Waals surface area contributed by atoms with Crippen molar-refractivity contribution in [3.63, 3.8) is 0 Å². The zero-order chi connectivity index (χ0) is 41.4. The molecule has 1 saturated carbocycles. The Bertz CT molecular complexity index is 2250. The number of benzene rings is 3. The van der Waals surface area contributed by atoms with Gasteiger partial charge in [0.05, 0.1) is 34.0 Å². The molecule has 2 amide bonds. The summed E-state index contributed by atoms with van der Waals surface area (Å²) >= 11 is 6.24. The van der Waals surface area contributed by atoms with Crippen LogP contribution in [0.15, 0.2) is 72.9 Å². The highest BCUT2D eigenvalue weighted by Gasteiger charge is 2.63. The highest BCUT2D eigenvalue weighted by atomic mass is 35.5. The van der Waals surface area contributed by atoms with Gasteiger partial charge in [-0.1, -0.05) is 39.3 Å². The number of anilines is 2. The highest BCUT2D eigenvalue weighted by Crippen LogP contribution is 2.61. The Balaban J connectivity index is 0.814. The quantitative estimate of drug-likeness (QED) is 0.0701. The fourth-order valence-electron chi connectivity index (χ4n) is 9.05. The number of pyridine rings is 1. The summed E-state index contributed by atoms with van der Waals surface area (Å²) < 4.78 is 40.0. The van der Waals surface area contributed by atoms with Gasteiger partial charge in [-0.25, -0.2) is 18.7 Å². The lowest BCUT2D eigenvalue weighted by Crippen LogP contribution is -2.66. The zero-order valence-electron chi connectivity index (χ0n) is 33.1. The summed E-state index contributed by atoms with van der Waals surface area (Å²) in [6, 6.07) is 18.3. The second-order valence-corrected chi connectivity index (χ2v) is 16.9. The second kappa shape index (κ2) is 16.5. The van der Waals surface area contributed by atoms with E-state index >= 15 is 0 Å². The lowest BCUT2D eigenvalue weighted by Gasteiger charge is -2.63. The number of imide groups is 1. The van der Waals surface area contributed by atoms with Crippen LogP contribution in [0.4, 0.5) is 20.3 Å². The zero-order valence-corrected chi connectivity index (χ0v) is 33.8. The van der Waals surface area contributed by atoms with Crippen LogP contribution in [-0.2, 0) is 0 Å².